The lowest BCUT2D eigenvalue weighted by Gasteiger charge is -2.31. The zero-order valence-electron chi connectivity index (χ0n) is 14.9. The fourth-order valence-corrected chi connectivity index (χ4v) is 3.68. The minimum atomic E-state index is -0.423. The smallest absolute Gasteiger partial charge is 0.244 e. The summed E-state index contributed by atoms with van der Waals surface area (Å²) in [5.74, 6) is 0.245. The van der Waals surface area contributed by atoms with Gasteiger partial charge < -0.3 is 10.1 Å². The van der Waals surface area contributed by atoms with Crippen LogP contribution in [-0.4, -0.2) is 24.5 Å². The third-order valence-corrected chi connectivity index (χ3v) is 4.99. The molecular formula is C21H23FN2O2. The molecule has 1 fully saturated rings. The van der Waals surface area contributed by atoms with Crippen LogP contribution in [0.4, 0.5) is 4.39 Å². The average molecular weight is 354 g/mol. The standard InChI is InChI=1S/C21H23FN2O2/c1-26-19-7-3-2-6-18(19)21(10-4-5-11-21)15-24-20(25)9-8-16-12-17(22)14-23-13-16/h2-3,6-9,12-14H,4-5,10-11,15H2,1H3,(H,24,25)/b9-8+. The number of benzene rings is 1. The van der Waals surface area contributed by atoms with Crippen LogP contribution in [0, 0.1) is 5.82 Å². The van der Waals surface area contributed by atoms with Gasteiger partial charge in [0, 0.05) is 29.8 Å². The number of aromatic nitrogens is 1. The highest BCUT2D eigenvalue weighted by atomic mass is 19.1. The topological polar surface area (TPSA) is 51.2 Å². The Kier molecular flexibility index (Phi) is 5.66. The van der Waals surface area contributed by atoms with E-state index in [4.69, 9.17) is 4.74 Å². The molecule has 1 aromatic carbocycles. The Hall–Kier alpha value is -2.69. The van der Waals surface area contributed by atoms with E-state index in [2.05, 4.69) is 16.4 Å². The van der Waals surface area contributed by atoms with Gasteiger partial charge in [0.05, 0.1) is 13.3 Å². The summed E-state index contributed by atoms with van der Waals surface area (Å²) >= 11 is 0. The van der Waals surface area contributed by atoms with Crippen LogP contribution in [0.15, 0.2) is 48.8 Å². The highest BCUT2D eigenvalue weighted by Gasteiger charge is 2.37. The van der Waals surface area contributed by atoms with Crippen LogP contribution >= 0.6 is 0 Å². The largest absolute Gasteiger partial charge is 0.496 e. The van der Waals surface area contributed by atoms with E-state index < -0.39 is 5.82 Å². The Balaban J connectivity index is 1.70. The molecule has 0 saturated heterocycles. The first kappa shape index (κ1) is 18.1. The lowest BCUT2D eigenvalue weighted by molar-refractivity contribution is -0.116. The third-order valence-electron chi connectivity index (χ3n) is 4.99. The van der Waals surface area contributed by atoms with Crippen molar-refractivity contribution in [3.63, 3.8) is 0 Å². The molecule has 0 aliphatic heterocycles. The molecule has 0 unspecified atom stereocenters. The number of halogens is 1. The van der Waals surface area contributed by atoms with Crippen molar-refractivity contribution in [2.45, 2.75) is 31.1 Å². The van der Waals surface area contributed by atoms with Gasteiger partial charge in [0.2, 0.25) is 5.91 Å². The lowest BCUT2D eigenvalue weighted by atomic mass is 9.78. The molecule has 4 nitrogen and oxygen atoms in total. The normalized spacial score (nSPS) is 15.9. The highest BCUT2D eigenvalue weighted by Crippen LogP contribution is 2.44. The molecule has 3 rings (SSSR count). The van der Waals surface area contributed by atoms with Crippen LogP contribution in [-0.2, 0) is 10.2 Å². The van der Waals surface area contributed by atoms with Crippen LogP contribution in [0.5, 0.6) is 5.75 Å². The summed E-state index contributed by atoms with van der Waals surface area (Å²) in [4.78, 5) is 16.0. The van der Waals surface area contributed by atoms with E-state index in [1.54, 1.807) is 13.2 Å². The minimum Gasteiger partial charge on any atom is -0.496 e. The van der Waals surface area contributed by atoms with Crippen LogP contribution in [0.2, 0.25) is 0 Å². The molecule has 136 valence electrons. The molecule has 0 spiro atoms. The van der Waals surface area contributed by atoms with E-state index in [0.29, 0.717) is 12.1 Å². The number of ether oxygens (including phenoxy) is 1. The molecule has 1 aromatic heterocycles. The number of nitrogens with zero attached hydrogens (tertiary/aromatic N) is 1. The minimum absolute atomic E-state index is 0.101. The highest BCUT2D eigenvalue weighted by molar-refractivity contribution is 5.91. The van der Waals surface area contributed by atoms with Gasteiger partial charge in [-0.05, 0) is 36.6 Å². The second-order valence-corrected chi connectivity index (χ2v) is 6.68. The fourth-order valence-electron chi connectivity index (χ4n) is 3.68. The maximum Gasteiger partial charge on any atom is 0.244 e. The zero-order chi connectivity index (χ0) is 18.4. The van der Waals surface area contributed by atoms with Gasteiger partial charge in [-0.3, -0.25) is 9.78 Å². The number of methoxy groups -OCH3 is 1. The first-order valence-electron chi connectivity index (χ1n) is 8.83. The number of hydrogen-bond donors (Lipinski definition) is 1. The molecule has 26 heavy (non-hydrogen) atoms. The number of rotatable bonds is 6. The van der Waals surface area contributed by atoms with E-state index in [9.17, 15) is 9.18 Å². The number of para-hydroxylation sites is 1. The van der Waals surface area contributed by atoms with Crippen molar-refractivity contribution in [3.8, 4) is 5.75 Å². The predicted octanol–water partition coefficient (Wildman–Crippen LogP) is 3.87. The van der Waals surface area contributed by atoms with Crippen molar-refractivity contribution in [1.82, 2.24) is 10.3 Å². The molecule has 1 saturated carbocycles. The summed E-state index contributed by atoms with van der Waals surface area (Å²) in [6.45, 7) is 0.554. The molecule has 0 bridgehead atoms. The summed E-state index contributed by atoms with van der Waals surface area (Å²) in [6.07, 6.45) is 9.94. The van der Waals surface area contributed by atoms with Gasteiger partial charge in [0.25, 0.3) is 0 Å². The van der Waals surface area contributed by atoms with Crippen LogP contribution in [0.25, 0.3) is 6.08 Å². The van der Waals surface area contributed by atoms with E-state index >= 15 is 0 Å². The number of amides is 1. The van der Waals surface area contributed by atoms with Gasteiger partial charge in [-0.25, -0.2) is 4.39 Å². The summed E-state index contributed by atoms with van der Waals surface area (Å²) in [7, 11) is 1.68. The van der Waals surface area contributed by atoms with Gasteiger partial charge in [-0.1, -0.05) is 31.0 Å². The molecule has 1 aliphatic rings. The first-order chi connectivity index (χ1) is 12.6. The summed E-state index contributed by atoms with van der Waals surface area (Å²) in [6, 6.07) is 9.36. The van der Waals surface area contributed by atoms with Crippen molar-refractivity contribution < 1.29 is 13.9 Å². The fraction of sp³-hybridized carbons (Fsp3) is 0.333. The lowest BCUT2D eigenvalue weighted by Crippen LogP contribution is -2.38. The average Bonchev–Trinajstić information content (AvgIpc) is 3.15. The molecule has 5 heteroatoms. The molecular weight excluding hydrogens is 331 g/mol. The van der Waals surface area contributed by atoms with Crippen molar-refractivity contribution in [2.75, 3.05) is 13.7 Å². The number of hydrogen-bond acceptors (Lipinski definition) is 3. The van der Waals surface area contributed by atoms with Gasteiger partial charge >= 0.3 is 0 Å². The Labute approximate surface area is 153 Å². The van der Waals surface area contributed by atoms with Crippen molar-refractivity contribution >= 4 is 12.0 Å². The molecule has 1 heterocycles. The monoisotopic (exact) mass is 354 g/mol. The number of carbonyl (C=O) groups excluding carboxylic acids is 1. The van der Waals surface area contributed by atoms with Crippen LogP contribution in [0.3, 0.4) is 0 Å². The van der Waals surface area contributed by atoms with Crippen LogP contribution in [0.1, 0.15) is 36.8 Å². The molecule has 0 radical (unpaired) electrons. The summed E-state index contributed by atoms with van der Waals surface area (Å²) < 4.78 is 18.7. The predicted molar refractivity (Wildman–Crippen MR) is 99.4 cm³/mol. The van der Waals surface area contributed by atoms with E-state index in [1.807, 2.05) is 18.2 Å². The molecule has 1 N–H and O–H groups in total. The Morgan fingerprint density at radius 3 is 2.81 bits per heavy atom. The third kappa shape index (κ3) is 4.10. The number of nitrogens with one attached hydrogen (secondary N) is 1. The van der Waals surface area contributed by atoms with Crippen LogP contribution < -0.4 is 10.1 Å². The maximum atomic E-state index is 13.1. The van der Waals surface area contributed by atoms with Gasteiger partial charge in [-0.2, -0.15) is 0 Å². The van der Waals surface area contributed by atoms with E-state index in [1.165, 1.54) is 18.3 Å². The van der Waals surface area contributed by atoms with Gasteiger partial charge in [0.15, 0.2) is 0 Å². The molecule has 0 atom stereocenters. The second kappa shape index (κ2) is 8.13. The maximum absolute atomic E-state index is 13.1. The Bertz CT molecular complexity index is 798. The molecule has 1 amide bonds. The van der Waals surface area contributed by atoms with E-state index in [-0.39, 0.29) is 11.3 Å². The van der Waals surface area contributed by atoms with Gasteiger partial charge in [0.1, 0.15) is 11.6 Å². The van der Waals surface area contributed by atoms with Crippen molar-refractivity contribution in [1.29, 1.82) is 0 Å². The number of pyridine rings is 1. The van der Waals surface area contributed by atoms with Gasteiger partial charge in [-0.15, -0.1) is 0 Å². The quantitative estimate of drug-likeness (QED) is 0.801. The Morgan fingerprint density at radius 1 is 1.31 bits per heavy atom. The molecule has 2 aromatic rings. The molecule has 1 aliphatic carbocycles. The summed E-state index contributed by atoms with van der Waals surface area (Å²) in [5, 5.41) is 3.00. The Morgan fingerprint density at radius 2 is 2.08 bits per heavy atom. The van der Waals surface area contributed by atoms with Crippen molar-refractivity contribution in [2.24, 2.45) is 0 Å². The summed E-state index contributed by atoms with van der Waals surface area (Å²) in [5.41, 5.74) is 1.61. The van der Waals surface area contributed by atoms with Crippen molar-refractivity contribution in [3.05, 3.63) is 65.7 Å². The SMILES string of the molecule is COc1ccccc1C1(CNC(=O)/C=C/c2cncc(F)c2)CCCC1. The first-order valence-corrected chi connectivity index (χ1v) is 8.83. The van der Waals surface area contributed by atoms with E-state index in [0.717, 1.165) is 43.2 Å². The second-order valence-electron chi connectivity index (χ2n) is 6.68. The zero-order valence-corrected chi connectivity index (χ0v) is 14.9. The number of carbonyl (C=O) groups is 1.